The van der Waals surface area contributed by atoms with E-state index in [-0.39, 0.29) is 12.4 Å². The van der Waals surface area contributed by atoms with Crippen LogP contribution in [0.2, 0.25) is 0 Å². The van der Waals surface area contributed by atoms with E-state index >= 15 is 0 Å². The van der Waals surface area contributed by atoms with E-state index in [0.29, 0.717) is 22.7 Å². The van der Waals surface area contributed by atoms with Crippen molar-refractivity contribution in [2.45, 2.75) is 36.8 Å². The molecule has 1 aliphatic carbocycles. The van der Waals surface area contributed by atoms with Gasteiger partial charge in [0.1, 0.15) is 11.6 Å². The van der Waals surface area contributed by atoms with Gasteiger partial charge >= 0.3 is 0 Å². The fourth-order valence-corrected chi connectivity index (χ4v) is 3.38. The van der Waals surface area contributed by atoms with Crippen LogP contribution in [0.25, 0.3) is 11.2 Å². The summed E-state index contributed by atoms with van der Waals surface area (Å²) in [7, 11) is 0. The molecule has 1 aliphatic rings. The minimum Gasteiger partial charge on any atom is -0.396 e. The van der Waals surface area contributed by atoms with Gasteiger partial charge in [-0.1, -0.05) is 18.7 Å². The van der Waals surface area contributed by atoms with E-state index in [0.717, 1.165) is 0 Å². The van der Waals surface area contributed by atoms with Gasteiger partial charge in [0.05, 0.1) is 25.1 Å². The second-order valence-corrected chi connectivity index (χ2v) is 6.71. The van der Waals surface area contributed by atoms with Gasteiger partial charge in [-0.15, -0.1) is 0 Å². The molecule has 0 amide bonds. The molecule has 0 saturated heterocycles. The molecular formula is C13H19N5O3S. The van der Waals surface area contributed by atoms with Crippen molar-refractivity contribution in [3.8, 4) is 0 Å². The highest BCUT2D eigenvalue weighted by atomic mass is 32.2. The summed E-state index contributed by atoms with van der Waals surface area (Å²) in [6.45, 7) is 1.54. The molecule has 1 fully saturated rings. The number of nitrogen functional groups attached to an aromatic ring is 1. The molecule has 0 bridgehead atoms. The molecule has 3 rings (SSSR count). The Kier molecular flexibility index (Phi) is 3.76. The van der Waals surface area contributed by atoms with Crippen molar-refractivity contribution in [3.05, 3.63) is 6.33 Å². The Morgan fingerprint density at radius 1 is 1.45 bits per heavy atom. The summed E-state index contributed by atoms with van der Waals surface area (Å²) in [5, 5.41) is 30.6. The number of aromatic nitrogens is 4. The lowest BCUT2D eigenvalue weighted by Gasteiger charge is -2.25. The summed E-state index contributed by atoms with van der Waals surface area (Å²) in [6, 6.07) is -0.429. The second kappa shape index (κ2) is 5.34. The first-order valence-corrected chi connectivity index (χ1v) is 8.15. The van der Waals surface area contributed by atoms with Gasteiger partial charge in [0.15, 0.2) is 16.6 Å². The number of anilines is 1. The minimum absolute atomic E-state index is 0.207. The topological polar surface area (TPSA) is 130 Å². The van der Waals surface area contributed by atoms with Gasteiger partial charge < -0.3 is 25.6 Å². The lowest BCUT2D eigenvalue weighted by atomic mass is 9.87. The summed E-state index contributed by atoms with van der Waals surface area (Å²) >= 11 is 1.36. The molecule has 0 aromatic carbocycles. The second-order valence-electron chi connectivity index (χ2n) is 5.94. The molecule has 0 aliphatic heterocycles. The van der Waals surface area contributed by atoms with Crippen molar-refractivity contribution in [2.24, 2.45) is 5.41 Å². The highest BCUT2D eigenvalue weighted by molar-refractivity contribution is 7.98. The standard InChI is InChI=1S/C13H19N5O3S/c1-13(4-19)3-6(8(20)9(13)21)18-5-15-7-10(14)16-12(22-2)17-11(7)18/h5-6,8-9,19-21H,3-4H2,1-2H3,(H2,14,16,17)/t6?,8?,9?,13-/m1/s1. The van der Waals surface area contributed by atoms with E-state index in [4.69, 9.17) is 5.73 Å². The predicted molar refractivity (Wildman–Crippen MR) is 82.4 cm³/mol. The van der Waals surface area contributed by atoms with E-state index < -0.39 is 23.7 Å². The monoisotopic (exact) mass is 325 g/mol. The highest BCUT2D eigenvalue weighted by Gasteiger charge is 2.50. The quantitative estimate of drug-likeness (QED) is 0.451. The van der Waals surface area contributed by atoms with E-state index in [1.54, 1.807) is 17.8 Å². The van der Waals surface area contributed by atoms with Crippen LogP contribution in [-0.4, -0.2) is 59.9 Å². The Morgan fingerprint density at radius 2 is 2.18 bits per heavy atom. The van der Waals surface area contributed by atoms with Crippen molar-refractivity contribution >= 4 is 28.7 Å². The predicted octanol–water partition coefficient (Wildman–Crippen LogP) is -0.204. The van der Waals surface area contributed by atoms with Crippen molar-refractivity contribution < 1.29 is 15.3 Å². The first-order valence-electron chi connectivity index (χ1n) is 6.92. The largest absolute Gasteiger partial charge is 0.396 e. The van der Waals surface area contributed by atoms with Gasteiger partial charge in [-0.2, -0.15) is 0 Å². The number of aliphatic hydroxyl groups is 3. The van der Waals surface area contributed by atoms with Crippen molar-refractivity contribution in [1.29, 1.82) is 0 Å². The zero-order valence-electron chi connectivity index (χ0n) is 12.3. The smallest absolute Gasteiger partial charge is 0.191 e. The summed E-state index contributed by atoms with van der Waals surface area (Å²) in [4.78, 5) is 12.8. The maximum Gasteiger partial charge on any atom is 0.191 e. The number of aliphatic hydroxyl groups excluding tert-OH is 3. The van der Waals surface area contributed by atoms with Crippen LogP contribution in [-0.2, 0) is 0 Å². The Bertz CT molecular complexity index is 708. The number of rotatable bonds is 3. The maximum absolute atomic E-state index is 10.4. The summed E-state index contributed by atoms with van der Waals surface area (Å²) < 4.78 is 1.71. The molecule has 0 radical (unpaired) electrons. The first kappa shape index (κ1) is 15.5. The van der Waals surface area contributed by atoms with Crippen molar-refractivity contribution in [3.63, 3.8) is 0 Å². The Balaban J connectivity index is 2.09. The van der Waals surface area contributed by atoms with E-state index in [2.05, 4.69) is 15.0 Å². The number of imidazole rings is 1. The Labute approximate surface area is 131 Å². The molecular weight excluding hydrogens is 306 g/mol. The first-order chi connectivity index (χ1) is 10.4. The third-order valence-electron chi connectivity index (χ3n) is 4.44. The number of hydrogen-bond donors (Lipinski definition) is 4. The van der Waals surface area contributed by atoms with Crippen LogP contribution in [0.3, 0.4) is 0 Å². The van der Waals surface area contributed by atoms with Crippen LogP contribution in [0.15, 0.2) is 11.5 Å². The van der Waals surface area contributed by atoms with Crippen LogP contribution in [0.4, 0.5) is 5.82 Å². The van der Waals surface area contributed by atoms with Gasteiger partial charge in [0.25, 0.3) is 0 Å². The molecule has 2 heterocycles. The summed E-state index contributed by atoms with van der Waals surface area (Å²) in [6.07, 6.45) is 1.78. The van der Waals surface area contributed by atoms with Crippen molar-refractivity contribution in [1.82, 2.24) is 19.5 Å². The summed E-state index contributed by atoms with van der Waals surface area (Å²) in [5.41, 5.74) is 6.12. The normalized spacial score (nSPS) is 32.0. The van der Waals surface area contributed by atoms with E-state index in [1.165, 1.54) is 11.8 Å². The molecule has 22 heavy (non-hydrogen) atoms. The van der Waals surface area contributed by atoms with Gasteiger partial charge in [0, 0.05) is 5.41 Å². The molecule has 3 unspecified atom stereocenters. The third-order valence-corrected chi connectivity index (χ3v) is 4.98. The minimum atomic E-state index is -1.01. The number of thioether (sulfide) groups is 1. The molecule has 9 heteroatoms. The fraction of sp³-hybridized carbons (Fsp3) is 0.615. The summed E-state index contributed by atoms with van der Waals surface area (Å²) in [5.74, 6) is 0.283. The zero-order valence-corrected chi connectivity index (χ0v) is 13.2. The molecule has 120 valence electrons. The number of fused-ring (bicyclic) bond motifs is 1. The molecule has 2 aromatic rings. The number of nitrogens with zero attached hydrogens (tertiary/aromatic N) is 4. The maximum atomic E-state index is 10.4. The lowest BCUT2D eigenvalue weighted by Crippen LogP contribution is -2.36. The molecule has 0 spiro atoms. The highest BCUT2D eigenvalue weighted by Crippen LogP contribution is 2.45. The Hall–Kier alpha value is -1.42. The molecule has 2 aromatic heterocycles. The van der Waals surface area contributed by atoms with Gasteiger partial charge in [0.2, 0.25) is 0 Å². The van der Waals surface area contributed by atoms with Crippen LogP contribution in [0, 0.1) is 5.41 Å². The zero-order chi connectivity index (χ0) is 16.1. The van der Waals surface area contributed by atoms with E-state index in [1.807, 2.05) is 6.26 Å². The van der Waals surface area contributed by atoms with Gasteiger partial charge in [-0.05, 0) is 12.7 Å². The lowest BCUT2D eigenvalue weighted by molar-refractivity contribution is -0.0403. The van der Waals surface area contributed by atoms with Crippen molar-refractivity contribution in [2.75, 3.05) is 18.6 Å². The molecule has 5 N–H and O–H groups in total. The fourth-order valence-electron chi connectivity index (χ4n) is 3.01. The van der Waals surface area contributed by atoms with Crippen LogP contribution < -0.4 is 5.73 Å². The third kappa shape index (κ3) is 2.16. The number of nitrogens with two attached hydrogens (primary N) is 1. The molecule has 4 atom stereocenters. The molecule has 1 saturated carbocycles. The average molecular weight is 325 g/mol. The van der Waals surface area contributed by atoms with Gasteiger partial charge in [-0.25, -0.2) is 15.0 Å². The van der Waals surface area contributed by atoms with Crippen LogP contribution in [0.1, 0.15) is 19.4 Å². The average Bonchev–Trinajstić information content (AvgIpc) is 3.03. The molecule has 8 nitrogen and oxygen atoms in total. The van der Waals surface area contributed by atoms with Crippen LogP contribution >= 0.6 is 11.8 Å². The number of hydrogen-bond acceptors (Lipinski definition) is 8. The van der Waals surface area contributed by atoms with Crippen LogP contribution in [0.5, 0.6) is 0 Å². The van der Waals surface area contributed by atoms with Gasteiger partial charge in [-0.3, -0.25) is 0 Å². The Morgan fingerprint density at radius 3 is 2.77 bits per heavy atom. The SMILES string of the molecule is CSc1nc(N)c2ncn(C3C[C@](C)(CO)C(O)C3O)c2n1. The van der Waals surface area contributed by atoms with E-state index in [9.17, 15) is 15.3 Å².